The molecule has 0 radical (unpaired) electrons. The lowest BCUT2D eigenvalue weighted by Gasteiger charge is -1.98. The predicted molar refractivity (Wildman–Crippen MR) is 58.6 cm³/mol. The van der Waals surface area contributed by atoms with Crippen molar-refractivity contribution < 1.29 is 0 Å². The molecule has 0 saturated heterocycles. The molecule has 0 unspecified atom stereocenters. The van der Waals surface area contributed by atoms with Crippen LogP contribution in [0, 0.1) is 6.57 Å². The monoisotopic (exact) mass is 179 g/mol. The molecule has 13 heavy (non-hydrogen) atoms. The Labute approximate surface area is 82.7 Å². The Balaban J connectivity index is 2.84. The summed E-state index contributed by atoms with van der Waals surface area (Å²) in [4.78, 5) is 3.33. The van der Waals surface area contributed by atoms with Crippen LogP contribution in [0.1, 0.15) is 51.4 Å². The quantitative estimate of drug-likeness (QED) is 0.284. The minimum atomic E-state index is 0.719. The third-order valence-electron chi connectivity index (χ3n) is 2.18. The first kappa shape index (κ1) is 12.2. The number of allylic oxidation sites excluding steroid dienone is 1. The highest BCUT2D eigenvalue weighted by Gasteiger charge is 1.91. The lowest BCUT2D eigenvalue weighted by atomic mass is 10.1. The van der Waals surface area contributed by atoms with Gasteiger partial charge in [-0.15, -0.1) is 6.58 Å². The third kappa shape index (κ3) is 11.2. The van der Waals surface area contributed by atoms with Crippen molar-refractivity contribution in [2.45, 2.75) is 51.4 Å². The first-order valence-electron chi connectivity index (χ1n) is 5.36. The van der Waals surface area contributed by atoms with E-state index in [1.54, 1.807) is 0 Å². The molecule has 0 atom stereocenters. The Morgan fingerprint density at radius 1 is 0.923 bits per heavy atom. The van der Waals surface area contributed by atoms with Gasteiger partial charge < -0.3 is 4.85 Å². The Morgan fingerprint density at radius 3 is 2.00 bits per heavy atom. The fraction of sp³-hybridized carbons (Fsp3) is 0.750. The molecule has 74 valence electrons. The third-order valence-corrected chi connectivity index (χ3v) is 2.18. The highest BCUT2D eigenvalue weighted by molar-refractivity contribution is 4.65. The summed E-state index contributed by atoms with van der Waals surface area (Å²) in [6.45, 7) is 11.0. The molecule has 0 fully saturated rings. The van der Waals surface area contributed by atoms with E-state index in [2.05, 4.69) is 11.4 Å². The minimum Gasteiger partial charge on any atom is -0.317 e. The Hall–Kier alpha value is -0.770. The summed E-state index contributed by atoms with van der Waals surface area (Å²) in [6.07, 6.45) is 12.1. The Kier molecular flexibility index (Phi) is 10.6. The van der Waals surface area contributed by atoms with E-state index in [0.29, 0.717) is 0 Å². The average Bonchev–Trinajstić information content (AvgIpc) is 2.16. The largest absolute Gasteiger partial charge is 0.317 e. The molecule has 0 aliphatic heterocycles. The zero-order valence-electron chi connectivity index (χ0n) is 8.60. The number of hydrogen-bond donors (Lipinski definition) is 0. The Morgan fingerprint density at radius 2 is 1.46 bits per heavy atom. The van der Waals surface area contributed by atoms with Crippen LogP contribution in [0.5, 0.6) is 0 Å². The fourth-order valence-corrected chi connectivity index (χ4v) is 1.36. The van der Waals surface area contributed by atoms with Crippen molar-refractivity contribution in [1.29, 1.82) is 0 Å². The second-order valence-electron chi connectivity index (χ2n) is 3.43. The zero-order chi connectivity index (χ0) is 9.78. The van der Waals surface area contributed by atoms with Crippen molar-refractivity contribution in [1.82, 2.24) is 0 Å². The van der Waals surface area contributed by atoms with Gasteiger partial charge in [-0.2, -0.15) is 0 Å². The van der Waals surface area contributed by atoms with E-state index in [4.69, 9.17) is 6.57 Å². The van der Waals surface area contributed by atoms with Crippen molar-refractivity contribution in [2.75, 3.05) is 6.54 Å². The van der Waals surface area contributed by atoms with Crippen molar-refractivity contribution >= 4 is 0 Å². The zero-order valence-corrected chi connectivity index (χ0v) is 8.60. The van der Waals surface area contributed by atoms with Crippen LogP contribution in [0.3, 0.4) is 0 Å². The van der Waals surface area contributed by atoms with Crippen LogP contribution in [0.4, 0.5) is 0 Å². The lowest BCUT2D eigenvalue weighted by molar-refractivity contribution is 0.590. The van der Waals surface area contributed by atoms with Gasteiger partial charge in [0.2, 0.25) is 6.54 Å². The van der Waals surface area contributed by atoms with E-state index in [9.17, 15) is 0 Å². The maximum Gasteiger partial charge on any atom is 0.214 e. The van der Waals surface area contributed by atoms with Gasteiger partial charge in [0.05, 0.1) is 0 Å². The molecule has 0 aliphatic rings. The summed E-state index contributed by atoms with van der Waals surface area (Å²) < 4.78 is 0. The highest BCUT2D eigenvalue weighted by atomic mass is 14.6. The second kappa shape index (κ2) is 11.2. The molecule has 0 aromatic rings. The number of nitrogens with zero attached hydrogens (tertiary/aromatic N) is 1. The van der Waals surface area contributed by atoms with E-state index in [1.165, 1.54) is 38.5 Å². The highest BCUT2D eigenvalue weighted by Crippen LogP contribution is 2.08. The minimum absolute atomic E-state index is 0.719. The molecule has 0 aromatic carbocycles. The fourth-order valence-electron chi connectivity index (χ4n) is 1.36. The summed E-state index contributed by atoms with van der Waals surface area (Å²) in [5, 5.41) is 0. The molecule has 0 N–H and O–H groups in total. The number of rotatable bonds is 9. The maximum atomic E-state index is 6.61. The molecule has 0 amide bonds. The summed E-state index contributed by atoms with van der Waals surface area (Å²) >= 11 is 0. The van der Waals surface area contributed by atoms with Gasteiger partial charge in [-0.25, -0.2) is 6.57 Å². The van der Waals surface area contributed by atoms with Crippen LogP contribution in [0.25, 0.3) is 4.85 Å². The van der Waals surface area contributed by atoms with Crippen LogP contribution in [0.15, 0.2) is 12.7 Å². The summed E-state index contributed by atoms with van der Waals surface area (Å²) in [6, 6.07) is 0. The summed E-state index contributed by atoms with van der Waals surface area (Å²) in [5.41, 5.74) is 0. The maximum absolute atomic E-state index is 6.61. The van der Waals surface area contributed by atoms with Gasteiger partial charge in [-0.3, -0.25) is 0 Å². The molecule has 0 aromatic heterocycles. The molecule has 1 nitrogen and oxygen atoms in total. The first-order chi connectivity index (χ1) is 6.41. The first-order valence-corrected chi connectivity index (χ1v) is 5.36. The van der Waals surface area contributed by atoms with Crippen molar-refractivity contribution in [3.8, 4) is 0 Å². The molecule has 0 bridgehead atoms. The van der Waals surface area contributed by atoms with Crippen molar-refractivity contribution in [3.05, 3.63) is 24.1 Å². The van der Waals surface area contributed by atoms with E-state index < -0.39 is 0 Å². The average molecular weight is 179 g/mol. The van der Waals surface area contributed by atoms with E-state index in [0.717, 1.165) is 19.4 Å². The van der Waals surface area contributed by atoms with Gasteiger partial charge in [0.25, 0.3) is 0 Å². The molecule has 1 heteroatoms. The second-order valence-corrected chi connectivity index (χ2v) is 3.43. The van der Waals surface area contributed by atoms with Crippen LogP contribution >= 0.6 is 0 Å². The topological polar surface area (TPSA) is 4.36 Å². The van der Waals surface area contributed by atoms with Gasteiger partial charge in [0, 0.05) is 6.42 Å². The molecule has 0 spiro atoms. The van der Waals surface area contributed by atoms with E-state index >= 15 is 0 Å². The van der Waals surface area contributed by atoms with E-state index in [-0.39, 0.29) is 0 Å². The molecular formula is C12H21N. The summed E-state index contributed by atoms with van der Waals surface area (Å²) in [5.74, 6) is 0. The smallest absolute Gasteiger partial charge is 0.214 e. The molecule has 0 aliphatic carbocycles. The van der Waals surface area contributed by atoms with Crippen molar-refractivity contribution in [3.63, 3.8) is 0 Å². The normalized spacial score (nSPS) is 9.46. The van der Waals surface area contributed by atoms with Gasteiger partial charge in [0.15, 0.2) is 0 Å². The van der Waals surface area contributed by atoms with Gasteiger partial charge >= 0.3 is 0 Å². The standard InChI is InChI=1S/C12H21N/c1-3-4-5-6-7-8-9-10-11-12-13-2/h3H,1,4-12H2. The number of hydrogen-bond acceptors (Lipinski definition) is 0. The van der Waals surface area contributed by atoms with Crippen LogP contribution < -0.4 is 0 Å². The van der Waals surface area contributed by atoms with Gasteiger partial charge in [-0.05, 0) is 19.3 Å². The SMILES string of the molecule is [C-]#[N+]CCCCCCCCCC=C. The van der Waals surface area contributed by atoms with Crippen LogP contribution in [-0.4, -0.2) is 6.54 Å². The Bertz CT molecular complexity index is 144. The molecule has 0 saturated carbocycles. The van der Waals surface area contributed by atoms with Gasteiger partial charge in [-0.1, -0.05) is 31.8 Å². The molecule has 0 rings (SSSR count). The van der Waals surface area contributed by atoms with Crippen LogP contribution in [-0.2, 0) is 0 Å². The molecular weight excluding hydrogens is 158 g/mol. The van der Waals surface area contributed by atoms with Gasteiger partial charge in [0.1, 0.15) is 0 Å². The predicted octanol–water partition coefficient (Wildman–Crippen LogP) is 4.21. The summed E-state index contributed by atoms with van der Waals surface area (Å²) in [7, 11) is 0. The number of unbranched alkanes of at least 4 members (excludes halogenated alkanes) is 7. The molecule has 0 heterocycles. The van der Waals surface area contributed by atoms with E-state index in [1.807, 2.05) is 6.08 Å². The van der Waals surface area contributed by atoms with Crippen LogP contribution in [0.2, 0.25) is 0 Å². The van der Waals surface area contributed by atoms with Crippen molar-refractivity contribution in [2.24, 2.45) is 0 Å². The lowest BCUT2D eigenvalue weighted by Crippen LogP contribution is -1.81.